The molecule has 2 aromatic carbocycles. The minimum absolute atomic E-state index is 0.231. The van der Waals surface area contributed by atoms with Crippen LogP contribution in [0.3, 0.4) is 0 Å². The lowest BCUT2D eigenvalue weighted by molar-refractivity contribution is 0.0732. The number of likely N-dealkylation sites (N-methyl/N-ethyl adjacent to an activating group) is 1. The van der Waals surface area contributed by atoms with Crippen LogP contribution in [0.1, 0.15) is 30.4 Å². The highest BCUT2D eigenvalue weighted by molar-refractivity contribution is 5.43. The lowest BCUT2D eigenvalue weighted by atomic mass is 9.93. The summed E-state index contributed by atoms with van der Waals surface area (Å²) >= 11 is 0. The van der Waals surface area contributed by atoms with Crippen molar-refractivity contribution in [3.63, 3.8) is 0 Å². The van der Waals surface area contributed by atoms with E-state index in [0.717, 1.165) is 13.1 Å². The number of aliphatic hydroxyl groups is 1. The van der Waals surface area contributed by atoms with E-state index in [2.05, 4.69) is 28.4 Å². The summed E-state index contributed by atoms with van der Waals surface area (Å²) in [4.78, 5) is 2.10. The Kier molecular flexibility index (Phi) is 7.71. The van der Waals surface area contributed by atoms with Gasteiger partial charge in [0.25, 0.3) is 0 Å². The Labute approximate surface area is 168 Å². The predicted molar refractivity (Wildman–Crippen MR) is 112 cm³/mol. The molecule has 5 heteroatoms. The molecular formula is C23H32N2O3. The van der Waals surface area contributed by atoms with E-state index < -0.39 is 6.10 Å². The summed E-state index contributed by atoms with van der Waals surface area (Å²) in [6.07, 6.45) is 3.28. The zero-order valence-electron chi connectivity index (χ0n) is 16.9. The summed E-state index contributed by atoms with van der Waals surface area (Å²) in [5.74, 6) is 1.37. The van der Waals surface area contributed by atoms with Gasteiger partial charge in [-0.1, -0.05) is 42.8 Å². The van der Waals surface area contributed by atoms with Crippen molar-refractivity contribution < 1.29 is 14.6 Å². The summed E-state index contributed by atoms with van der Waals surface area (Å²) in [7, 11) is 3.64. The van der Waals surface area contributed by atoms with Crippen molar-refractivity contribution in [3.05, 3.63) is 59.7 Å². The van der Waals surface area contributed by atoms with Gasteiger partial charge in [0.15, 0.2) is 11.5 Å². The first-order valence-corrected chi connectivity index (χ1v) is 10.1. The first-order valence-electron chi connectivity index (χ1n) is 10.1. The molecule has 0 heterocycles. The van der Waals surface area contributed by atoms with Crippen molar-refractivity contribution in [3.8, 4) is 11.5 Å². The van der Waals surface area contributed by atoms with Crippen LogP contribution in [0.15, 0.2) is 48.5 Å². The molecule has 1 aliphatic rings. The van der Waals surface area contributed by atoms with E-state index in [1.54, 1.807) is 7.11 Å². The molecule has 0 amide bonds. The van der Waals surface area contributed by atoms with E-state index in [1.165, 1.54) is 30.4 Å². The maximum atomic E-state index is 10.4. The monoisotopic (exact) mass is 384 g/mol. The van der Waals surface area contributed by atoms with Gasteiger partial charge in [-0.15, -0.1) is 0 Å². The maximum Gasteiger partial charge on any atom is 0.161 e. The normalized spacial score (nSPS) is 15.3. The highest BCUT2D eigenvalue weighted by Gasteiger charge is 2.17. The number of nitrogens with one attached hydrogen (secondary N) is 1. The van der Waals surface area contributed by atoms with E-state index in [1.807, 2.05) is 37.4 Å². The molecule has 28 heavy (non-hydrogen) atoms. The molecule has 0 spiro atoms. The Morgan fingerprint density at radius 3 is 2.57 bits per heavy atom. The Balaban J connectivity index is 1.48. The zero-order valence-corrected chi connectivity index (χ0v) is 16.9. The second-order valence-corrected chi connectivity index (χ2v) is 7.64. The van der Waals surface area contributed by atoms with E-state index in [0.29, 0.717) is 24.1 Å². The van der Waals surface area contributed by atoms with Gasteiger partial charge in [0, 0.05) is 25.7 Å². The molecule has 0 bridgehead atoms. The molecule has 1 atom stereocenters. The number of aliphatic hydroxyl groups excluding tert-OH is 1. The van der Waals surface area contributed by atoms with Crippen LogP contribution >= 0.6 is 0 Å². The minimum atomic E-state index is -0.574. The van der Waals surface area contributed by atoms with E-state index in [4.69, 9.17) is 9.47 Å². The van der Waals surface area contributed by atoms with Gasteiger partial charge in [0.1, 0.15) is 12.7 Å². The standard InChI is InChI=1S/C23H32N2O3/c1-25(15-18-7-4-3-5-8-18)16-21(26)17-28-23-13-19(11-12-22(23)27-2)14-24-20-9-6-10-20/h3-5,7-8,11-13,20-21,24,26H,6,9-10,14-17H2,1-2H3/t21-/m1/s1. The third-order valence-corrected chi connectivity index (χ3v) is 5.18. The molecular weight excluding hydrogens is 352 g/mol. The Hall–Kier alpha value is -2.08. The molecule has 0 unspecified atom stereocenters. The lowest BCUT2D eigenvalue weighted by Crippen LogP contribution is -2.34. The van der Waals surface area contributed by atoms with Gasteiger partial charge in [-0.05, 0) is 43.1 Å². The second-order valence-electron chi connectivity index (χ2n) is 7.64. The predicted octanol–water partition coefficient (Wildman–Crippen LogP) is 3.21. The molecule has 0 saturated heterocycles. The van der Waals surface area contributed by atoms with Crippen LogP contribution in [0.25, 0.3) is 0 Å². The zero-order chi connectivity index (χ0) is 19.8. The Morgan fingerprint density at radius 2 is 1.89 bits per heavy atom. The average molecular weight is 385 g/mol. The Morgan fingerprint density at radius 1 is 1.11 bits per heavy atom. The summed E-state index contributed by atoms with van der Waals surface area (Å²) in [6, 6.07) is 16.9. The maximum absolute atomic E-state index is 10.4. The summed E-state index contributed by atoms with van der Waals surface area (Å²) < 4.78 is 11.3. The van der Waals surface area contributed by atoms with Gasteiger partial charge in [-0.2, -0.15) is 0 Å². The molecule has 2 aromatic rings. The number of ether oxygens (including phenoxy) is 2. The van der Waals surface area contributed by atoms with Crippen molar-refractivity contribution in [2.45, 2.75) is 44.5 Å². The van der Waals surface area contributed by atoms with Crippen LogP contribution in [0.2, 0.25) is 0 Å². The number of rotatable bonds is 11. The van der Waals surface area contributed by atoms with Gasteiger partial charge in [-0.3, -0.25) is 4.90 Å². The van der Waals surface area contributed by atoms with Crippen molar-refractivity contribution in [1.29, 1.82) is 0 Å². The van der Waals surface area contributed by atoms with Crippen LogP contribution in [-0.4, -0.2) is 49.5 Å². The lowest BCUT2D eigenvalue weighted by Gasteiger charge is -2.26. The molecule has 0 aromatic heterocycles. The fourth-order valence-corrected chi connectivity index (χ4v) is 3.38. The molecule has 3 rings (SSSR count). The topological polar surface area (TPSA) is 54.0 Å². The highest BCUT2D eigenvalue weighted by atomic mass is 16.5. The first-order chi connectivity index (χ1) is 13.6. The molecule has 152 valence electrons. The summed E-state index contributed by atoms with van der Waals surface area (Å²) in [6.45, 7) is 2.39. The van der Waals surface area contributed by atoms with Crippen LogP contribution in [0, 0.1) is 0 Å². The van der Waals surface area contributed by atoms with Crippen molar-refractivity contribution in [2.75, 3.05) is 27.3 Å². The number of hydrogen-bond donors (Lipinski definition) is 2. The van der Waals surface area contributed by atoms with Gasteiger partial charge in [0.05, 0.1) is 7.11 Å². The quantitative estimate of drug-likeness (QED) is 0.623. The molecule has 0 radical (unpaired) electrons. The summed E-state index contributed by atoms with van der Waals surface area (Å²) in [5.41, 5.74) is 2.39. The van der Waals surface area contributed by atoms with Crippen LogP contribution in [0.4, 0.5) is 0 Å². The molecule has 5 nitrogen and oxygen atoms in total. The van der Waals surface area contributed by atoms with Gasteiger partial charge >= 0.3 is 0 Å². The van der Waals surface area contributed by atoms with Crippen molar-refractivity contribution in [1.82, 2.24) is 10.2 Å². The van der Waals surface area contributed by atoms with Gasteiger partial charge < -0.3 is 19.9 Å². The third kappa shape index (κ3) is 6.23. The van der Waals surface area contributed by atoms with Crippen LogP contribution in [0.5, 0.6) is 11.5 Å². The number of nitrogens with zero attached hydrogens (tertiary/aromatic N) is 1. The SMILES string of the molecule is COc1ccc(CNC2CCC2)cc1OC[C@H](O)CN(C)Cc1ccccc1. The number of benzene rings is 2. The smallest absolute Gasteiger partial charge is 0.161 e. The van der Waals surface area contributed by atoms with Crippen molar-refractivity contribution >= 4 is 0 Å². The van der Waals surface area contributed by atoms with Crippen molar-refractivity contribution in [2.24, 2.45) is 0 Å². The van der Waals surface area contributed by atoms with Crippen LogP contribution < -0.4 is 14.8 Å². The van der Waals surface area contributed by atoms with E-state index >= 15 is 0 Å². The fourth-order valence-electron chi connectivity index (χ4n) is 3.38. The largest absolute Gasteiger partial charge is 0.493 e. The second kappa shape index (κ2) is 10.5. The molecule has 2 N–H and O–H groups in total. The first kappa shape index (κ1) is 20.6. The number of methoxy groups -OCH3 is 1. The van der Waals surface area contributed by atoms with Gasteiger partial charge in [0.2, 0.25) is 0 Å². The van der Waals surface area contributed by atoms with Gasteiger partial charge in [-0.25, -0.2) is 0 Å². The number of hydrogen-bond acceptors (Lipinski definition) is 5. The highest BCUT2D eigenvalue weighted by Crippen LogP contribution is 2.28. The van der Waals surface area contributed by atoms with E-state index in [9.17, 15) is 5.11 Å². The minimum Gasteiger partial charge on any atom is -0.493 e. The average Bonchev–Trinajstić information content (AvgIpc) is 2.66. The fraction of sp³-hybridized carbons (Fsp3) is 0.478. The summed E-state index contributed by atoms with van der Waals surface area (Å²) in [5, 5.41) is 13.9. The molecule has 0 aliphatic heterocycles. The van der Waals surface area contributed by atoms with E-state index in [-0.39, 0.29) is 6.61 Å². The molecule has 1 aliphatic carbocycles. The Bertz CT molecular complexity index is 719. The molecule has 1 saturated carbocycles. The van der Waals surface area contributed by atoms with Crippen LogP contribution in [-0.2, 0) is 13.1 Å². The third-order valence-electron chi connectivity index (χ3n) is 5.18. The molecule has 1 fully saturated rings.